The van der Waals surface area contributed by atoms with E-state index in [1.807, 2.05) is 6.07 Å². The molecule has 90 valence electrons. The molecule has 0 nitrogen and oxygen atoms in total. The van der Waals surface area contributed by atoms with Crippen molar-refractivity contribution in [2.24, 2.45) is 0 Å². The summed E-state index contributed by atoms with van der Waals surface area (Å²) in [6, 6.07) is 12.8. The van der Waals surface area contributed by atoms with Crippen LogP contribution in [0.3, 0.4) is 0 Å². The van der Waals surface area contributed by atoms with Crippen molar-refractivity contribution in [3.8, 4) is 0 Å². The maximum absolute atomic E-state index is 5.96. The van der Waals surface area contributed by atoms with Gasteiger partial charge < -0.3 is 0 Å². The molecule has 2 aromatic rings. The highest BCUT2D eigenvalue weighted by Gasteiger charge is 2.12. The first kappa shape index (κ1) is 13.1. The van der Waals surface area contributed by atoms with Crippen LogP contribution in [0.2, 0.25) is 4.34 Å². The molecule has 0 saturated heterocycles. The summed E-state index contributed by atoms with van der Waals surface area (Å²) in [7, 11) is 0. The Morgan fingerprint density at radius 1 is 1.18 bits per heavy atom. The van der Waals surface area contributed by atoms with Gasteiger partial charge in [0.25, 0.3) is 0 Å². The molecule has 1 atom stereocenters. The van der Waals surface area contributed by atoms with E-state index in [0.29, 0.717) is 0 Å². The quantitative estimate of drug-likeness (QED) is 0.618. The van der Waals surface area contributed by atoms with Crippen molar-refractivity contribution in [2.75, 3.05) is 0 Å². The minimum atomic E-state index is 0.246. The van der Waals surface area contributed by atoms with Crippen LogP contribution in [0.5, 0.6) is 0 Å². The summed E-state index contributed by atoms with van der Waals surface area (Å²) in [5, 5.41) is 0. The molecular weight excluding hydrogens is 316 g/mol. The zero-order valence-electron chi connectivity index (χ0n) is 9.62. The topological polar surface area (TPSA) is 0 Å². The molecule has 0 aliphatic heterocycles. The van der Waals surface area contributed by atoms with Crippen molar-refractivity contribution < 1.29 is 0 Å². The van der Waals surface area contributed by atoms with Crippen LogP contribution in [0, 0.1) is 0 Å². The fraction of sp³-hybridized carbons (Fsp3) is 0.286. The largest absolute Gasteiger partial charge is 0.127 e. The Morgan fingerprint density at radius 3 is 2.41 bits per heavy atom. The maximum atomic E-state index is 5.96. The molecule has 0 aliphatic carbocycles. The lowest BCUT2D eigenvalue weighted by Gasteiger charge is -2.08. The Morgan fingerprint density at radius 2 is 1.88 bits per heavy atom. The second-order valence-electron chi connectivity index (χ2n) is 4.00. The molecule has 1 unspecified atom stereocenters. The fourth-order valence-electron chi connectivity index (χ4n) is 1.77. The number of hydrogen-bond donors (Lipinski definition) is 0. The summed E-state index contributed by atoms with van der Waals surface area (Å²) in [5.74, 6) is 0. The SMILES string of the molecule is CCCc1ccc(C(Br)c2ccc(Cl)s2)cc1. The molecule has 0 bridgehead atoms. The van der Waals surface area contributed by atoms with Gasteiger partial charge in [-0.2, -0.15) is 0 Å². The first-order valence-corrected chi connectivity index (χ1v) is 7.80. The van der Waals surface area contributed by atoms with Gasteiger partial charge in [-0.1, -0.05) is 65.1 Å². The Kier molecular flexibility index (Phi) is 4.66. The van der Waals surface area contributed by atoms with Crippen LogP contribution < -0.4 is 0 Å². The van der Waals surface area contributed by atoms with E-state index in [2.05, 4.69) is 53.2 Å². The van der Waals surface area contributed by atoms with Gasteiger partial charge in [-0.3, -0.25) is 0 Å². The van der Waals surface area contributed by atoms with Gasteiger partial charge in [0.15, 0.2) is 0 Å². The molecule has 1 aromatic carbocycles. The van der Waals surface area contributed by atoms with Gasteiger partial charge in [-0.15, -0.1) is 11.3 Å². The Balaban J connectivity index is 2.16. The van der Waals surface area contributed by atoms with Crippen molar-refractivity contribution >= 4 is 38.9 Å². The highest BCUT2D eigenvalue weighted by molar-refractivity contribution is 9.09. The number of alkyl halides is 1. The lowest BCUT2D eigenvalue weighted by atomic mass is 10.1. The van der Waals surface area contributed by atoms with Crippen molar-refractivity contribution in [3.05, 3.63) is 56.7 Å². The monoisotopic (exact) mass is 328 g/mol. The van der Waals surface area contributed by atoms with E-state index in [0.717, 1.165) is 10.8 Å². The molecule has 0 fully saturated rings. The third-order valence-electron chi connectivity index (χ3n) is 2.65. The lowest BCUT2D eigenvalue weighted by molar-refractivity contribution is 0.920. The Labute approximate surface area is 120 Å². The van der Waals surface area contributed by atoms with Crippen LogP contribution in [0.15, 0.2) is 36.4 Å². The van der Waals surface area contributed by atoms with Gasteiger partial charge in [0, 0.05) is 4.88 Å². The highest BCUT2D eigenvalue weighted by Crippen LogP contribution is 2.36. The molecular formula is C14H14BrClS. The van der Waals surface area contributed by atoms with Crippen LogP contribution in [0.25, 0.3) is 0 Å². The summed E-state index contributed by atoms with van der Waals surface area (Å²) in [6.07, 6.45) is 2.34. The van der Waals surface area contributed by atoms with E-state index in [1.54, 1.807) is 11.3 Å². The zero-order chi connectivity index (χ0) is 12.3. The van der Waals surface area contributed by atoms with Crippen LogP contribution in [0.1, 0.15) is 34.2 Å². The third kappa shape index (κ3) is 3.34. The number of benzene rings is 1. The van der Waals surface area contributed by atoms with E-state index in [9.17, 15) is 0 Å². The standard InChI is InChI=1S/C14H14BrClS/c1-2-3-10-4-6-11(7-5-10)14(15)12-8-9-13(16)17-12/h4-9,14H,2-3H2,1H3. The summed E-state index contributed by atoms with van der Waals surface area (Å²) in [4.78, 5) is 1.49. The van der Waals surface area contributed by atoms with E-state index in [-0.39, 0.29) is 4.83 Å². The normalized spacial score (nSPS) is 12.6. The fourth-order valence-corrected chi connectivity index (χ4v) is 3.58. The van der Waals surface area contributed by atoms with Gasteiger partial charge in [-0.25, -0.2) is 0 Å². The first-order valence-electron chi connectivity index (χ1n) is 5.69. The number of aryl methyl sites for hydroxylation is 1. The predicted octanol–water partition coefficient (Wildman–Crippen LogP) is 5.84. The average Bonchev–Trinajstić information content (AvgIpc) is 2.76. The number of hydrogen-bond acceptors (Lipinski definition) is 1. The number of rotatable bonds is 4. The summed E-state index contributed by atoms with van der Waals surface area (Å²) in [6.45, 7) is 2.20. The van der Waals surface area contributed by atoms with Crippen molar-refractivity contribution in [2.45, 2.75) is 24.6 Å². The van der Waals surface area contributed by atoms with Gasteiger partial charge in [0.05, 0.1) is 9.16 Å². The van der Waals surface area contributed by atoms with Gasteiger partial charge >= 0.3 is 0 Å². The molecule has 0 N–H and O–H groups in total. The van der Waals surface area contributed by atoms with E-state index < -0.39 is 0 Å². The number of halogens is 2. The molecule has 17 heavy (non-hydrogen) atoms. The molecule has 0 spiro atoms. The minimum Gasteiger partial charge on any atom is -0.127 e. The van der Waals surface area contributed by atoms with Gasteiger partial charge in [0.2, 0.25) is 0 Å². The van der Waals surface area contributed by atoms with Crippen LogP contribution in [-0.2, 0) is 6.42 Å². The summed E-state index contributed by atoms with van der Waals surface area (Å²) >= 11 is 11.3. The third-order valence-corrected chi connectivity index (χ3v) is 5.28. The molecule has 0 saturated carbocycles. The van der Waals surface area contributed by atoms with Gasteiger partial charge in [-0.05, 0) is 29.7 Å². The van der Waals surface area contributed by atoms with Crippen molar-refractivity contribution in [1.29, 1.82) is 0 Å². The van der Waals surface area contributed by atoms with E-state index >= 15 is 0 Å². The minimum absolute atomic E-state index is 0.246. The Hall–Kier alpha value is -0.310. The van der Waals surface area contributed by atoms with Crippen LogP contribution >= 0.6 is 38.9 Å². The second-order valence-corrected chi connectivity index (χ2v) is 6.66. The second kappa shape index (κ2) is 6.03. The molecule has 2 rings (SSSR count). The zero-order valence-corrected chi connectivity index (χ0v) is 12.8. The van der Waals surface area contributed by atoms with Crippen LogP contribution in [0.4, 0.5) is 0 Å². The lowest BCUT2D eigenvalue weighted by Crippen LogP contribution is -1.90. The predicted molar refractivity (Wildman–Crippen MR) is 80.5 cm³/mol. The van der Waals surface area contributed by atoms with Crippen molar-refractivity contribution in [1.82, 2.24) is 0 Å². The number of thiophene rings is 1. The highest BCUT2D eigenvalue weighted by atomic mass is 79.9. The Bertz CT molecular complexity index is 475. The van der Waals surface area contributed by atoms with E-state index in [1.165, 1.54) is 22.4 Å². The molecule has 0 aliphatic rings. The maximum Gasteiger partial charge on any atom is 0.0931 e. The van der Waals surface area contributed by atoms with Gasteiger partial charge in [0.1, 0.15) is 0 Å². The molecule has 0 radical (unpaired) electrons. The van der Waals surface area contributed by atoms with E-state index in [4.69, 9.17) is 11.6 Å². The smallest absolute Gasteiger partial charge is 0.0931 e. The molecule has 0 amide bonds. The average molecular weight is 330 g/mol. The first-order chi connectivity index (χ1) is 8.20. The summed E-state index contributed by atoms with van der Waals surface area (Å²) < 4.78 is 0.840. The molecule has 3 heteroatoms. The molecule has 1 heterocycles. The molecule has 1 aromatic heterocycles. The van der Waals surface area contributed by atoms with Crippen LogP contribution in [-0.4, -0.2) is 0 Å². The summed E-state index contributed by atoms with van der Waals surface area (Å²) in [5.41, 5.74) is 2.68. The van der Waals surface area contributed by atoms with Crippen molar-refractivity contribution in [3.63, 3.8) is 0 Å².